The van der Waals surface area contributed by atoms with Crippen molar-refractivity contribution in [2.45, 2.75) is 38.9 Å². The molecule has 0 unspecified atom stereocenters. The molecule has 19 heavy (non-hydrogen) atoms. The van der Waals surface area contributed by atoms with Crippen LogP contribution in [0.4, 0.5) is 5.82 Å². The lowest BCUT2D eigenvalue weighted by molar-refractivity contribution is 0.840. The van der Waals surface area contributed by atoms with E-state index in [9.17, 15) is 0 Å². The second-order valence-corrected chi connectivity index (χ2v) is 10.3. The molecule has 0 aliphatic carbocycles. The fourth-order valence-corrected chi connectivity index (χ4v) is 6.59. The topological polar surface area (TPSA) is 46.8 Å². The van der Waals surface area contributed by atoms with Gasteiger partial charge in [0.05, 0.1) is 6.33 Å². The van der Waals surface area contributed by atoms with Gasteiger partial charge in [0.1, 0.15) is 17.8 Å². The molecule has 2 rings (SSSR count). The molecule has 0 aromatic heterocycles. The summed E-state index contributed by atoms with van der Waals surface area (Å²) in [7, 11) is 2.78. The molecule has 0 saturated heterocycles. The molecule has 0 N–H and O–H groups in total. The van der Waals surface area contributed by atoms with Gasteiger partial charge in [0.25, 0.3) is 0 Å². The van der Waals surface area contributed by atoms with E-state index in [1.54, 1.807) is 6.33 Å². The highest BCUT2D eigenvalue weighted by Crippen LogP contribution is 2.33. The molecule has 2 aliphatic heterocycles. The summed E-state index contributed by atoms with van der Waals surface area (Å²) in [6.45, 7) is 6.93. The predicted molar refractivity (Wildman–Crippen MR) is 81.0 cm³/mol. The maximum absolute atomic E-state index is 4.40. The van der Waals surface area contributed by atoms with Crippen LogP contribution in [0.2, 0.25) is 18.1 Å². The molecule has 0 spiro atoms. The SMILES string of the molecule is CC[Si](CC)(CC)N(C)c1c2ncnc-2ncn1C. The molecular weight excluding hydrogens is 254 g/mol. The van der Waals surface area contributed by atoms with Crippen molar-refractivity contribution in [1.82, 2.24) is 19.5 Å². The highest BCUT2D eigenvalue weighted by Gasteiger charge is 2.35. The Morgan fingerprint density at radius 2 is 1.74 bits per heavy atom. The Labute approximate surface area is 116 Å². The zero-order valence-electron chi connectivity index (χ0n) is 12.5. The largest absolute Gasteiger partial charge is 0.385 e. The first-order valence-corrected chi connectivity index (χ1v) is 9.52. The standard InChI is InChI=1S/C13H23N5Si/c1-6-19(7-2,8-3)18(5)13-11-12(15-9-14-11)16-10-17(13)4/h9-10H,6-8H2,1-5H3. The van der Waals surface area contributed by atoms with Gasteiger partial charge in [-0.25, -0.2) is 15.0 Å². The van der Waals surface area contributed by atoms with Crippen LogP contribution in [0.5, 0.6) is 0 Å². The normalized spacial score (nSPS) is 12.1. The average Bonchev–Trinajstić information content (AvgIpc) is 2.89. The first-order valence-electron chi connectivity index (χ1n) is 6.95. The van der Waals surface area contributed by atoms with Crippen LogP contribution in [0.3, 0.4) is 0 Å². The lowest BCUT2D eigenvalue weighted by Gasteiger charge is -2.40. The van der Waals surface area contributed by atoms with Gasteiger partial charge in [-0.1, -0.05) is 20.8 Å². The minimum absolute atomic E-state index is 0.742. The Balaban J connectivity index is 2.55. The van der Waals surface area contributed by atoms with E-state index in [1.807, 2.05) is 13.4 Å². The van der Waals surface area contributed by atoms with Gasteiger partial charge >= 0.3 is 0 Å². The fourth-order valence-electron chi connectivity index (χ4n) is 2.96. The predicted octanol–water partition coefficient (Wildman–Crippen LogP) is 2.76. The smallest absolute Gasteiger partial charge is 0.184 e. The molecule has 0 aromatic rings. The van der Waals surface area contributed by atoms with Gasteiger partial charge in [-0.3, -0.25) is 0 Å². The number of aryl methyl sites for hydroxylation is 1. The highest BCUT2D eigenvalue weighted by atomic mass is 28.3. The fraction of sp³-hybridized carbons (Fsp3) is 0.615. The summed E-state index contributed by atoms with van der Waals surface area (Å²) in [5.41, 5.74) is 0.916. The molecule has 0 radical (unpaired) electrons. The van der Waals surface area contributed by atoms with E-state index < -0.39 is 8.24 Å². The second-order valence-electron chi connectivity index (χ2n) is 5.07. The number of rotatable bonds is 5. The van der Waals surface area contributed by atoms with Crippen LogP contribution in [0.25, 0.3) is 11.5 Å². The summed E-state index contributed by atoms with van der Waals surface area (Å²) >= 11 is 0. The maximum atomic E-state index is 4.40. The first-order chi connectivity index (χ1) is 9.09. The van der Waals surface area contributed by atoms with E-state index in [0.29, 0.717) is 0 Å². The van der Waals surface area contributed by atoms with Gasteiger partial charge in [-0.15, -0.1) is 0 Å². The van der Waals surface area contributed by atoms with E-state index >= 15 is 0 Å². The van der Waals surface area contributed by atoms with E-state index in [1.165, 1.54) is 18.1 Å². The third kappa shape index (κ3) is 2.14. The summed E-state index contributed by atoms with van der Waals surface area (Å²) in [6, 6.07) is 3.73. The number of imidazole rings is 1. The van der Waals surface area contributed by atoms with Crippen molar-refractivity contribution in [2.75, 3.05) is 11.6 Å². The number of fused-ring (bicyclic) bond motifs is 1. The van der Waals surface area contributed by atoms with Crippen LogP contribution in [0.15, 0.2) is 12.7 Å². The molecule has 0 aromatic carbocycles. The Morgan fingerprint density at radius 3 is 2.32 bits per heavy atom. The molecule has 0 fully saturated rings. The Kier molecular flexibility index (Phi) is 3.89. The number of hydrogen-bond donors (Lipinski definition) is 0. The molecule has 2 aliphatic rings. The van der Waals surface area contributed by atoms with Crippen LogP contribution in [-0.2, 0) is 7.05 Å². The van der Waals surface area contributed by atoms with Crippen molar-refractivity contribution < 1.29 is 0 Å². The van der Waals surface area contributed by atoms with Crippen LogP contribution >= 0.6 is 0 Å². The molecule has 0 atom stereocenters. The van der Waals surface area contributed by atoms with Crippen molar-refractivity contribution in [2.24, 2.45) is 7.05 Å². The number of nitrogens with zero attached hydrogens (tertiary/aromatic N) is 5. The summed E-state index contributed by atoms with van der Waals surface area (Å²) in [5, 5.41) is 0. The van der Waals surface area contributed by atoms with E-state index in [0.717, 1.165) is 17.3 Å². The summed E-state index contributed by atoms with van der Waals surface area (Å²) < 4.78 is 4.56. The molecule has 0 bridgehead atoms. The zero-order valence-corrected chi connectivity index (χ0v) is 13.5. The summed E-state index contributed by atoms with van der Waals surface area (Å²) in [6.07, 6.45) is 3.44. The zero-order chi connectivity index (χ0) is 14.0. The third-order valence-electron chi connectivity index (χ3n) is 4.48. The van der Waals surface area contributed by atoms with Crippen LogP contribution in [-0.4, -0.2) is 34.8 Å². The molecule has 6 heteroatoms. The van der Waals surface area contributed by atoms with E-state index in [4.69, 9.17) is 0 Å². The molecule has 2 heterocycles. The van der Waals surface area contributed by atoms with Crippen LogP contribution in [0.1, 0.15) is 20.8 Å². The minimum atomic E-state index is -1.47. The monoisotopic (exact) mass is 277 g/mol. The molecule has 0 amide bonds. The molecule has 104 valence electrons. The maximum Gasteiger partial charge on any atom is 0.184 e. The van der Waals surface area contributed by atoms with Gasteiger partial charge in [-0.2, -0.15) is 0 Å². The number of aromatic nitrogens is 4. The molecule has 5 nitrogen and oxygen atoms in total. The highest BCUT2D eigenvalue weighted by molar-refractivity contribution is 6.83. The Morgan fingerprint density at radius 1 is 1.11 bits per heavy atom. The molecule has 0 saturated carbocycles. The molecular formula is C13H23N5Si. The Bertz CT molecular complexity index is 512. The minimum Gasteiger partial charge on any atom is -0.385 e. The van der Waals surface area contributed by atoms with Gasteiger partial charge in [-0.05, 0) is 25.2 Å². The Hall–Kier alpha value is -1.43. The number of anilines is 1. The van der Waals surface area contributed by atoms with E-state index in [2.05, 4.69) is 51.9 Å². The summed E-state index contributed by atoms with van der Waals surface area (Å²) in [5.74, 6) is 1.89. The van der Waals surface area contributed by atoms with Crippen molar-refractivity contribution in [3.8, 4) is 11.5 Å². The van der Waals surface area contributed by atoms with Crippen LogP contribution < -0.4 is 4.57 Å². The average molecular weight is 277 g/mol. The van der Waals surface area contributed by atoms with Gasteiger partial charge < -0.3 is 9.13 Å². The second kappa shape index (κ2) is 5.28. The van der Waals surface area contributed by atoms with Gasteiger partial charge in [0.2, 0.25) is 0 Å². The first kappa shape index (κ1) is 14.0. The lowest BCUT2D eigenvalue weighted by atomic mass is 10.4. The lowest BCUT2D eigenvalue weighted by Crippen LogP contribution is -2.51. The van der Waals surface area contributed by atoms with Crippen molar-refractivity contribution in [3.63, 3.8) is 0 Å². The quantitative estimate of drug-likeness (QED) is 0.788. The van der Waals surface area contributed by atoms with Gasteiger partial charge in [0, 0.05) is 7.05 Å². The number of hydrogen-bond acceptors (Lipinski definition) is 4. The van der Waals surface area contributed by atoms with Crippen molar-refractivity contribution in [3.05, 3.63) is 12.7 Å². The van der Waals surface area contributed by atoms with Gasteiger partial charge in [0.15, 0.2) is 14.1 Å². The summed E-state index contributed by atoms with van der Waals surface area (Å²) in [4.78, 5) is 12.9. The third-order valence-corrected chi connectivity index (χ3v) is 10.1. The van der Waals surface area contributed by atoms with Crippen molar-refractivity contribution in [1.29, 1.82) is 0 Å². The van der Waals surface area contributed by atoms with E-state index in [-0.39, 0.29) is 0 Å². The van der Waals surface area contributed by atoms with Crippen molar-refractivity contribution >= 4 is 14.1 Å². The van der Waals surface area contributed by atoms with Crippen LogP contribution in [0, 0.1) is 0 Å².